The zero-order valence-electron chi connectivity index (χ0n) is 8.31. The Morgan fingerprint density at radius 2 is 2.19 bits per heavy atom. The number of nitrogens with zero attached hydrogens (tertiary/aromatic N) is 2. The molecular weight excluding hydrogens is 247 g/mol. The molecule has 4 nitrogen and oxygen atoms in total. The summed E-state index contributed by atoms with van der Waals surface area (Å²) in [6.07, 6.45) is -3.40. The summed E-state index contributed by atoms with van der Waals surface area (Å²) in [5.41, 5.74) is -0.731. The lowest BCUT2D eigenvalue weighted by Crippen LogP contribution is -2.30. The lowest BCUT2D eigenvalue weighted by molar-refractivity contribution is -0.143. The van der Waals surface area contributed by atoms with E-state index in [1.165, 1.54) is 0 Å². The molecule has 0 fully saturated rings. The van der Waals surface area contributed by atoms with E-state index < -0.39 is 18.3 Å². The number of hydrogen-bond acceptors (Lipinski definition) is 3. The first-order valence-corrected chi connectivity index (χ1v) is 4.79. The largest absolute Gasteiger partial charge is 0.408 e. The summed E-state index contributed by atoms with van der Waals surface area (Å²) in [7, 11) is 0. The molecule has 0 aromatic carbocycles. The van der Waals surface area contributed by atoms with Gasteiger partial charge in [-0.25, -0.2) is 4.68 Å². The Morgan fingerprint density at radius 3 is 2.69 bits per heavy atom. The van der Waals surface area contributed by atoms with Crippen LogP contribution in [0.25, 0.3) is 0 Å². The molecule has 0 saturated heterocycles. The summed E-state index contributed by atoms with van der Waals surface area (Å²) in [4.78, 5) is 11.4. The summed E-state index contributed by atoms with van der Waals surface area (Å²) < 4.78 is 36.4. The van der Waals surface area contributed by atoms with Gasteiger partial charge in [0, 0.05) is 6.54 Å². The summed E-state index contributed by atoms with van der Waals surface area (Å²) in [5.74, 6) is 0. The molecule has 1 rings (SSSR count). The maximum absolute atomic E-state index is 12.0. The van der Waals surface area contributed by atoms with Crippen molar-refractivity contribution in [1.29, 1.82) is 0 Å². The lowest BCUT2D eigenvalue weighted by Gasteiger charge is -2.10. The molecule has 0 spiro atoms. The molecule has 1 aromatic rings. The van der Waals surface area contributed by atoms with Gasteiger partial charge in [-0.3, -0.25) is 4.79 Å². The van der Waals surface area contributed by atoms with E-state index in [9.17, 15) is 18.0 Å². The van der Waals surface area contributed by atoms with E-state index in [4.69, 9.17) is 11.6 Å². The standard InChI is InChI=1S/C8H9ClF3N3O/c1-2-13-5-3-14-15(4-8(10,11)12)7(16)6(5)9/h3,13H,2,4H2,1H3. The summed E-state index contributed by atoms with van der Waals surface area (Å²) >= 11 is 5.60. The van der Waals surface area contributed by atoms with Gasteiger partial charge in [0.25, 0.3) is 5.56 Å². The molecule has 0 aliphatic carbocycles. The first kappa shape index (κ1) is 12.8. The Hall–Kier alpha value is -1.24. The van der Waals surface area contributed by atoms with Gasteiger partial charge in [-0.1, -0.05) is 11.6 Å². The van der Waals surface area contributed by atoms with Crippen LogP contribution in [0.3, 0.4) is 0 Å². The molecule has 1 aromatic heterocycles. The van der Waals surface area contributed by atoms with Crippen LogP contribution in [0.1, 0.15) is 6.92 Å². The van der Waals surface area contributed by atoms with Gasteiger partial charge in [0.1, 0.15) is 11.6 Å². The minimum atomic E-state index is -4.50. The number of aromatic nitrogens is 2. The molecule has 0 atom stereocenters. The van der Waals surface area contributed by atoms with Crippen LogP contribution >= 0.6 is 11.6 Å². The maximum Gasteiger partial charge on any atom is 0.408 e. The van der Waals surface area contributed by atoms with Crippen LogP contribution in [-0.2, 0) is 6.54 Å². The second kappa shape index (κ2) is 4.73. The maximum atomic E-state index is 12.0. The Kier molecular flexibility index (Phi) is 3.79. The number of alkyl halides is 3. The molecule has 8 heteroatoms. The van der Waals surface area contributed by atoms with Crippen molar-refractivity contribution in [3.05, 3.63) is 21.6 Å². The highest BCUT2D eigenvalue weighted by atomic mass is 35.5. The van der Waals surface area contributed by atoms with Crippen LogP contribution in [0.5, 0.6) is 0 Å². The molecule has 90 valence electrons. The fraction of sp³-hybridized carbons (Fsp3) is 0.500. The van der Waals surface area contributed by atoms with Gasteiger partial charge in [0.15, 0.2) is 0 Å². The minimum absolute atomic E-state index is 0.229. The normalized spacial score (nSPS) is 11.6. The van der Waals surface area contributed by atoms with Crippen LogP contribution in [0.15, 0.2) is 11.0 Å². The first-order chi connectivity index (χ1) is 7.35. The van der Waals surface area contributed by atoms with E-state index in [1.807, 2.05) is 0 Å². The van der Waals surface area contributed by atoms with Crippen molar-refractivity contribution in [2.75, 3.05) is 11.9 Å². The lowest BCUT2D eigenvalue weighted by atomic mass is 10.4. The van der Waals surface area contributed by atoms with Crippen molar-refractivity contribution >= 4 is 17.3 Å². The number of halogens is 4. The van der Waals surface area contributed by atoms with Crippen LogP contribution in [0.2, 0.25) is 5.02 Å². The second-order valence-electron chi connectivity index (χ2n) is 2.98. The Morgan fingerprint density at radius 1 is 1.56 bits per heavy atom. The van der Waals surface area contributed by atoms with Gasteiger partial charge in [-0.05, 0) is 6.92 Å². The van der Waals surface area contributed by atoms with Gasteiger partial charge < -0.3 is 5.32 Å². The predicted molar refractivity (Wildman–Crippen MR) is 53.7 cm³/mol. The third kappa shape index (κ3) is 3.13. The zero-order chi connectivity index (χ0) is 12.3. The first-order valence-electron chi connectivity index (χ1n) is 4.41. The minimum Gasteiger partial charge on any atom is -0.383 e. The van der Waals surface area contributed by atoms with Gasteiger partial charge >= 0.3 is 6.18 Å². The predicted octanol–water partition coefficient (Wildman–Crippen LogP) is 1.89. The summed E-state index contributed by atoms with van der Waals surface area (Å²) in [6.45, 7) is 0.805. The number of nitrogens with one attached hydrogen (secondary N) is 1. The van der Waals surface area contributed by atoms with Crippen molar-refractivity contribution in [3.63, 3.8) is 0 Å². The van der Waals surface area contributed by atoms with E-state index in [-0.39, 0.29) is 15.4 Å². The molecule has 0 unspecified atom stereocenters. The highest BCUT2D eigenvalue weighted by molar-refractivity contribution is 6.32. The Balaban J connectivity index is 3.08. The highest BCUT2D eigenvalue weighted by Crippen LogP contribution is 2.18. The molecule has 16 heavy (non-hydrogen) atoms. The van der Waals surface area contributed by atoms with E-state index in [1.54, 1.807) is 6.92 Å². The van der Waals surface area contributed by atoms with Crippen LogP contribution < -0.4 is 10.9 Å². The monoisotopic (exact) mass is 255 g/mol. The smallest absolute Gasteiger partial charge is 0.383 e. The van der Waals surface area contributed by atoms with Gasteiger partial charge in [0.2, 0.25) is 0 Å². The van der Waals surface area contributed by atoms with Crippen LogP contribution in [0.4, 0.5) is 18.9 Å². The van der Waals surface area contributed by atoms with E-state index in [2.05, 4.69) is 10.4 Å². The van der Waals surface area contributed by atoms with Crippen molar-refractivity contribution in [2.24, 2.45) is 0 Å². The molecule has 0 bridgehead atoms. The van der Waals surface area contributed by atoms with Gasteiger partial charge in [0.05, 0.1) is 11.9 Å². The van der Waals surface area contributed by atoms with E-state index in [0.717, 1.165) is 6.20 Å². The van der Waals surface area contributed by atoms with Crippen LogP contribution in [-0.4, -0.2) is 22.5 Å². The molecule has 1 N–H and O–H groups in total. The molecule has 0 aliphatic rings. The van der Waals surface area contributed by atoms with Crippen LogP contribution in [0, 0.1) is 0 Å². The van der Waals surface area contributed by atoms with Crippen molar-refractivity contribution in [1.82, 2.24) is 9.78 Å². The summed E-state index contributed by atoms with van der Waals surface area (Å²) in [6, 6.07) is 0. The molecule has 1 heterocycles. The van der Waals surface area contributed by atoms with Crippen molar-refractivity contribution < 1.29 is 13.2 Å². The van der Waals surface area contributed by atoms with Crippen molar-refractivity contribution in [3.8, 4) is 0 Å². The molecule has 0 amide bonds. The average Bonchev–Trinajstić information content (AvgIpc) is 2.16. The quantitative estimate of drug-likeness (QED) is 0.897. The Bertz CT molecular complexity index is 430. The topological polar surface area (TPSA) is 46.9 Å². The number of rotatable bonds is 3. The molecule has 0 saturated carbocycles. The average molecular weight is 256 g/mol. The van der Waals surface area contributed by atoms with E-state index in [0.29, 0.717) is 6.54 Å². The van der Waals surface area contributed by atoms with Gasteiger partial charge in [-0.2, -0.15) is 18.3 Å². The van der Waals surface area contributed by atoms with Gasteiger partial charge in [-0.15, -0.1) is 0 Å². The summed E-state index contributed by atoms with van der Waals surface area (Å²) in [5, 5.41) is 5.81. The molecule has 0 radical (unpaired) electrons. The molecular formula is C8H9ClF3N3O. The third-order valence-corrected chi connectivity index (χ3v) is 2.05. The zero-order valence-corrected chi connectivity index (χ0v) is 9.06. The Labute approximate surface area is 94.0 Å². The SMILES string of the molecule is CCNc1cnn(CC(F)(F)F)c(=O)c1Cl. The highest BCUT2D eigenvalue weighted by Gasteiger charge is 2.29. The van der Waals surface area contributed by atoms with Crippen molar-refractivity contribution in [2.45, 2.75) is 19.6 Å². The second-order valence-corrected chi connectivity index (χ2v) is 3.36. The third-order valence-electron chi connectivity index (χ3n) is 1.68. The van der Waals surface area contributed by atoms with E-state index >= 15 is 0 Å². The number of anilines is 1. The fourth-order valence-electron chi connectivity index (χ4n) is 1.06. The fourth-order valence-corrected chi connectivity index (χ4v) is 1.27. The number of hydrogen-bond donors (Lipinski definition) is 1. The molecule has 0 aliphatic heterocycles.